The average Bonchev–Trinajstić information content (AvgIpc) is 2.84. The number of rotatable bonds is 7. The number of hydrogen-bond donors (Lipinski definition) is 2. The van der Waals surface area contributed by atoms with Crippen molar-refractivity contribution < 1.29 is 9.59 Å². The summed E-state index contributed by atoms with van der Waals surface area (Å²) in [5.41, 5.74) is 9.05. The van der Waals surface area contributed by atoms with Gasteiger partial charge in [0.25, 0.3) is 5.91 Å². The van der Waals surface area contributed by atoms with Crippen LogP contribution >= 0.6 is 0 Å². The van der Waals surface area contributed by atoms with Crippen LogP contribution in [-0.2, 0) is 17.6 Å². The maximum absolute atomic E-state index is 13.0. The number of carbonyl (C=O) groups is 2. The number of benzene rings is 2. The normalized spacial score (nSPS) is 15.9. The van der Waals surface area contributed by atoms with E-state index in [9.17, 15) is 9.59 Å². The maximum atomic E-state index is 13.0. The van der Waals surface area contributed by atoms with E-state index >= 15 is 0 Å². The SMILES string of the molecule is NC(=O)C1CCCN(c2ccc(NC(=O)c3ccccc3CCc3ccccc3)cn2)C1. The lowest BCUT2D eigenvalue weighted by Crippen LogP contribution is -2.41. The van der Waals surface area contributed by atoms with Crippen LogP contribution < -0.4 is 16.0 Å². The summed E-state index contributed by atoms with van der Waals surface area (Å²) in [6.07, 6.45) is 5.06. The van der Waals surface area contributed by atoms with Gasteiger partial charge in [0.05, 0.1) is 17.8 Å². The molecule has 1 aromatic heterocycles. The van der Waals surface area contributed by atoms with Crippen LogP contribution in [-0.4, -0.2) is 29.9 Å². The van der Waals surface area contributed by atoms with Crippen LogP contribution in [0.4, 0.5) is 11.5 Å². The third-order valence-electron chi connectivity index (χ3n) is 5.94. The Bertz CT molecular complexity index is 1070. The molecule has 2 aromatic carbocycles. The van der Waals surface area contributed by atoms with Crippen LogP contribution in [0.1, 0.15) is 34.3 Å². The molecular weight excluding hydrogens is 400 g/mol. The zero-order valence-electron chi connectivity index (χ0n) is 18.0. The van der Waals surface area contributed by atoms with Crippen molar-refractivity contribution in [3.8, 4) is 0 Å². The number of aryl methyl sites for hydroxylation is 2. The lowest BCUT2D eigenvalue weighted by Gasteiger charge is -2.32. The topological polar surface area (TPSA) is 88.3 Å². The average molecular weight is 429 g/mol. The third-order valence-corrected chi connectivity index (χ3v) is 5.94. The van der Waals surface area contributed by atoms with Gasteiger partial charge in [-0.3, -0.25) is 9.59 Å². The third kappa shape index (κ3) is 5.32. The molecule has 6 heteroatoms. The van der Waals surface area contributed by atoms with Crippen molar-refractivity contribution in [3.05, 3.63) is 89.6 Å². The molecular formula is C26H28N4O2. The van der Waals surface area contributed by atoms with Gasteiger partial charge in [-0.2, -0.15) is 0 Å². The zero-order chi connectivity index (χ0) is 22.3. The second-order valence-corrected chi connectivity index (χ2v) is 8.19. The van der Waals surface area contributed by atoms with Crippen molar-refractivity contribution in [2.75, 3.05) is 23.3 Å². The molecule has 3 aromatic rings. The second-order valence-electron chi connectivity index (χ2n) is 8.19. The molecule has 1 unspecified atom stereocenters. The van der Waals surface area contributed by atoms with Crippen LogP contribution in [0, 0.1) is 5.92 Å². The highest BCUT2D eigenvalue weighted by Crippen LogP contribution is 2.23. The molecule has 0 aliphatic carbocycles. The van der Waals surface area contributed by atoms with Gasteiger partial charge in [-0.15, -0.1) is 0 Å². The van der Waals surface area contributed by atoms with Gasteiger partial charge < -0.3 is 16.0 Å². The molecule has 3 N–H and O–H groups in total. The number of nitrogens with zero attached hydrogens (tertiary/aromatic N) is 2. The number of carbonyl (C=O) groups excluding carboxylic acids is 2. The summed E-state index contributed by atoms with van der Waals surface area (Å²) in [5.74, 6) is 0.244. The number of pyridine rings is 1. The van der Waals surface area contributed by atoms with E-state index in [0.29, 0.717) is 17.8 Å². The lowest BCUT2D eigenvalue weighted by molar-refractivity contribution is -0.122. The molecule has 0 spiro atoms. The Morgan fingerprint density at radius 3 is 2.53 bits per heavy atom. The van der Waals surface area contributed by atoms with Crippen molar-refractivity contribution in [1.82, 2.24) is 4.98 Å². The molecule has 164 valence electrons. The Morgan fingerprint density at radius 2 is 1.78 bits per heavy atom. The van der Waals surface area contributed by atoms with Crippen molar-refractivity contribution in [2.24, 2.45) is 11.7 Å². The largest absolute Gasteiger partial charge is 0.369 e. The van der Waals surface area contributed by atoms with Gasteiger partial charge in [-0.25, -0.2) is 4.98 Å². The number of piperidine rings is 1. The molecule has 1 aliphatic rings. The fourth-order valence-electron chi connectivity index (χ4n) is 4.15. The summed E-state index contributed by atoms with van der Waals surface area (Å²) in [4.78, 5) is 31.0. The molecule has 1 saturated heterocycles. The van der Waals surface area contributed by atoms with E-state index in [0.717, 1.165) is 43.6 Å². The number of anilines is 2. The summed E-state index contributed by atoms with van der Waals surface area (Å²) < 4.78 is 0. The maximum Gasteiger partial charge on any atom is 0.255 e. The van der Waals surface area contributed by atoms with Crippen LogP contribution in [0.2, 0.25) is 0 Å². The lowest BCUT2D eigenvalue weighted by atomic mass is 9.97. The first-order valence-electron chi connectivity index (χ1n) is 11.0. The molecule has 2 heterocycles. The monoisotopic (exact) mass is 428 g/mol. The molecule has 0 radical (unpaired) electrons. The number of primary amides is 1. The van der Waals surface area contributed by atoms with Gasteiger partial charge in [0.1, 0.15) is 5.82 Å². The van der Waals surface area contributed by atoms with E-state index in [1.54, 1.807) is 6.20 Å². The summed E-state index contributed by atoms with van der Waals surface area (Å²) in [7, 11) is 0. The molecule has 32 heavy (non-hydrogen) atoms. The van der Waals surface area contributed by atoms with Crippen LogP contribution in [0.3, 0.4) is 0 Å². The standard InChI is InChI=1S/C26H28N4O2/c27-25(31)21-10-6-16-30(18-21)24-15-14-22(17-28-24)29-26(32)23-11-5-4-9-20(23)13-12-19-7-2-1-3-8-19/h1-5,7-9,11,14-15,17,21H,6,10,12-13,16,18H2,(H2,27,31)(H,29,32). The van der Waals surface area contributed by atoms with E-state index in [-0.39, 0.29) is 17.7 Å². The molecule has 0 bridgehead atoms. The molecule has 2 amide bonds. The highest BCUT2D eigenvalue weighted by Gasteiger charge is 2.24. The van der Waals surface area contributed by atoms with Crippen molar-refractivity contribution in [1.29, 1.82) is 0 Å². The van der Waals surface area contributed by atoms with Gasteiger partial charge in [0.2, 0.25) is 5.91 Å². The molecule has 1 fully saturated rings. The van der Waals surface area contributed by atoms with Gasteiger partial charge >= 0.3 is 0 Å². The summed E-state index contributed by atoms with van der Waals surface area (Å²) in [6, 6.07) is 21.7. The highest BCUT2D eigenvalue weighted by atomic mass is 16.2. The first kappa shape index (κ1) is 21.6. The highest BCUT2D eigenvalue weighted by molar-refractivity contribution is 6.05. The number of nitrogens with two attached hydrogens (primary N) is 1. The van der Waals surface area contributed by atoms with Crippen molar-refractivity contribution in [2.45, 2.75) is 25.7 Å². The molecule has 1 aliphatic heterocycles. The molecule has 6 nitrogen and oxygen atoms in total. The van der Waals surface area contributed by atoms with Crippen LogP contribution in [0.25, 0.3) is 0 Å². The number of aromatic nitrogens is 1. The number of hydrogen-bond acceptors (Lipinski definition) is 4. The van der Waals surface area contributed by atoms with E-state index < -0.39 is 0 Å². The summed E-state index contributed by atoms with van der Waals surface area (Å²) >= 11 is 0. The smallest absolute Gasteiger partial charge is 0.255 e. The Kier molecular flexibility index (Phi) is 6.80. The van der Waals surface area contributed by atoms with Crippen LogP contribution in [0.5, 0.6) is 0 Å². The van der Waals surface area contributed by atoms with Crippen molar-refractivity contribution >= 4 is 23.3 Å². The van der Waals surface area contributed by atoms with E-state index in [1.807, 2.05) is 54.6 Å². The predicted octanol–water partition coefficient (Wildman–Crippen LogP) is 3.82. The number of nitrogens with one attached hydrogen (secondary N) is 1. The van der Waals surface area contributed by atoms with Gasteiger partial charge in [0, 0.05) is 18.7 Å². The fourth-order valence-corrected chi connectivity index (χ4v) is 4.15. The minimum absolute atomic E-state index is 0.141. The number of amides is 2. The first-order chi connectivity index (χ1) is 15.6. The predicted molar refractivity (Wildman–Crippen MR) is 127 cm³/mol. The van der Waals surface area contributed by atoms with Gasteiger partial charge in [-0.05, 0) is 55.0 Å². The molecule has 1 atom stereocenters. The quantitative estimate of drug-likeness (QED) is 0.599. The zero-order valence-corrected chi connectivity index (χ0v) is 18.0. The Labute approximate surface area is 188 Å². The first-order valence-corrected chi connectivity index (χ1v) is 11.0. The molecule has 0 saturated carbocycles. The molecule has 4 rings (SSSR count). The Balaban J connectivity index is 1.40. The Morgan fingerprint density at radius 1 is 1.00 bits per heavy atom. The van der Waals surface area contributed by atoms with Gasteiger partial charge in [-0.1, -0.05) is 48.5 Å². The summed E-state index contributed by atoms with van der Waals surface area (Å²) in [6.45, 7) is 1.43. The van der Waals surface area contributed by atoms with Crippen LogP contribution in [0.15, 0.2) is 72.9 Å². The van der Waals surface area contributed by atoms with E-state index in [1.165, 1.54) is 5.56 Å². The minimum atomic E-state index is -0.260. The van der Waals surface area contributed by atoms with Crippen molar-refractivity contribution in [3.63, 3.8) is 0 Å². The second kappa shape index (κ2) is 10.1. The van der Waals surface area contributed by atoms with Gasteiger partial charge in [0.15, 0.2) is 0 Å². The minimum Gasteiger partial charge on any atom is -0.369 e. The van der Waals surface area contributed by atoms with E-state index in [2.05, 4.69) is 27.3 Å². The summed E-state index contributed by atoms with van der Waals surface area (Å²) in [5, 5.41) is 2.96. The van der Waals surface area contributed by atoms with E-state index in [4.69, 9.17) is 5.73 Å². The Hall–Kier alpha value is -3.67. The fraction of sp³-hybridized carbons (Fsp3) is 0.269.